The van der Waals surface area contributed by atoms with Gasteiger partial charge in [-0.1, -0.05) is 24.3 Å². The van der Waals surface area contributed by atoms with Crippen molar-refractivity contribution in [1.82, 2.24) is 9.88 Å². The smallest absolute Gasteiger partial charge is 0.225 e. The molecule has 0 unspecified atom stereocenters. The molecule has 2 aromatic rings. The van der Waals surface area contributed by atoms with Crippen LogP contribution in [0, 0.1) is 5.41 Å². The molecule has 24 heavy (non-hydrogen) atoms. The summed E-state index contributed by atoms with van der Waals surface area (Å²) in [6.45, 7) is 2.53. The average Bonchev–Trinajstić information content (AvgIpc) is 3.02. The fourth-order valence-corrected chi connectivity index (χ4v) is 3.32. The predicted molar refractivity (Wildman–Crippen MR) is 91.9 cm³/mol. The first-order valence-corrected chi connectivity index (χ1v) is 8.05. The van der Waals surface area contributed by atoms with Gasteiger partial charge in [0.2, 0.25) is 11.8 Å². The molecule has 0 saturated carbocycles. The number of pyridine rings is 1. The van der Waals surface area contributed by atoms with Crippen LogP contribution in [0.5, 0.6) is 0 Å². The Labute approximate surface area is 141 Å². The molecule has 2 N–H and O–H groups in total. The molecule has 1 aliphatic rings. The number of carbonyl (C=O) groups is 2. The van der Waals surface area contributed by atoms with Crippen molar-refractivity contribution in [2.45, 2.75) is 19.8 Å². The summed E-state index contributed by atoms with van der Waals surface area (Å²) in [5, 5.41) is 0. The van der Waals surface area contributed by atoms with Crippen molar-refractivity contribution >= 4 is 11.8 Å². The Morgan fingerprint density at radius 3 is 2.29 bits per heavy atom. The summed E-state index contributed by atoms with van der Waals surface area (Å²) in [6.07, 6.45) is 4.71. The molecule has 2 heterocycles. The van der Waals surface area contributed by atoms with Crippen LogP contribution in [0.15, 0.2) is 48.8 Å². The lowest BCUT2D eigenvalue weighted by Gasteiger charge is -2.25. The number of nitrogens with two attached hydrogens (primary N) is 1. The average molecular weight is 323 g/mol. The van der Waals surface area contributed by atoms with Gasteiger partial charge in [-0.2, -0.15) is 0 Å². The molecular formula is C19H21N3O2. The van der Waals surface area contributed by atoms with E-state index in [0.29, 0.717) is 25.9 Å². The lowest BCUT2D eigenvalue weighted by Crippen LogP contribution is -2.42. The maximum Gasteiger partial charge on any atom is 0.225 e. The van der Waals surface area contributed by atoms with Crippen LogP contribution in [0.1, 0.15) is 18.9 Å². The first-order chi connectivity index (χ1) is 11.5. The molecule has 124 valence electrons. The van der Waals surface area contributed by atoms with E-state index in [4.69, 9.17) is 5.73 Å². The molecule has 1 atom stereocenters. The summed E-state index contributed by atoms with van der Waals surface area (Å²) >= 11 is 0. The van der Waals surface area contributed by atoms with Crippen molar-refractivity contribution in [3.8, 4) is 11.1 Å². The van der Waals surface area contributed by atoms with E-state index in [1.165, 1.54) is 6.92 Å². The number of carbonyl (C=O) groups excluding carboxylic acids is 2. The minimum absolute atomic E-state index is 0.00819. The molecule has 1 aliphatic heterocycles. The van der Waals surface area contributed by atoms with Gasteiger partial charge in [-0.15, -0.1) is 0 Å². The van der Waals surface area contributed by atoms with Crippen molar-refractivity contribution in [1.29, 1.82) is 0 Å². The quantitative estimate of drug-likeness (QED) is 0.935. The maximum atomic E-state index is 12.1. The Kier molecular flexibility index (Phi) is 4.34. The SMILES string of the molecule is CC(=O)N1CC[C@](Cc2ccc(-c3ccncc3)cc2)(C(N)=O)C1. The van der Waals surface area contributed by atoms with Crippen molar-refractivity contribution in [2.75, 3.05) is 13.1 Å². The summed E-state index contributed by atoms with van der Waals surface area (Å²) in [5.41, 5.74) is 8.27. The van der Waals surface area contributed by atoms with Gasteiger partial charge >= 0.3 is 0 Å². The number of primary amides is 1. The highest BCUT2D eigenvalue weighted by atomic mass is 16.2. The van der Waals surface area contributed by atoms with Gasteiger partial charge < -0.3 is 10.6 Å². The minimum Gasteiger partial charge on any atom is -0.369 e. The Morgan fingerprint density at radius 1 is 1.12 bits per heavy atom. The molecule has 1 aromatic heterocycles. The second kappa shape index (κ2) is 6.43. The first-order valence-electron chi connectivity index (χ1n) is 8.05. The minimum atomic E-state index is -0.663. The molecule has 2 amide bonds. The number of hydrogen-bond acceptors (Lipinski definition) is 3. The van der Waals surface area contributed by atoms with Gasteiger partial charge in [-0.25, -0.2) is 0 Å². The summed E-state index contributed by atoms with van der Waals surface area (Å²) in [7, 11) is 0. The number of benzene rings is 1. The molecule has 0 radical (unpaired) electrons. The highest BCUT2D eigenvalue weighted by Crippen LogP contribution is 2.34. The lowest BCUT2D eigenvalue weighted by atomic mass is 9.80. The van der Waals surface area contributed by atoms with Crippen molar-refractivity contribution < 1.29 is 9.59 Å². The van der Waals surface area contributed by atoms with Crippen molar-refractivity contribution in [3.05, 3.63) is 54.4 Å². The zero-order valence-corrected chi connectivity index (χ0v) is 13.7. The number of rotatable bonds is 4. The number of amides is 2. The van der Waals surface area contributed by atoms with Crippen LogP contribution < -0.4 is 5.73 Å². The summed E-state index contributed by atoms with van der Waals surface area (Å²) in [4.78, 5) is 29.4. The zero-order valence-electron chi connectivity index (χ0n) is 13.7. The summed E-state index contributed by atoms with van der Waals surface area (Å²) in [6, 6.07) is 12.0. The third-order valence-electron chi connectivity index (χ3n) is 4.83. The van der Waals surface area contributed by atoms with Crippen molar-refractivity contribution in [2.24, 2.45) is 11.1 Å². The fourth-order valence-electron chi connectivity index (χ4n) is 3.32. The lowest BCUT2D eigenvalue weighted by molar-refractivity contribution is -0.130. The Balaban J connectivity index is 1.79. The molecule has 3 rings (SSSR count). The topological polar surface area (TPSA) is 76.3 Å². The molecule has 0 aliphatic carbocycles. The van der Waals surface area contributed by atoms with Gasteiger partial charge in [-0.05, 0) is 41.7 Å². The standard InChI is InChI=1S/C19H21N3O2/c1-14(23)22-11-8-19(13-22,18(20)24)12-15-2-4-16(5-3-15)17-6-9-21-10-7-17/h2-7,9-10H,8,11-13H2,1H3,(H2,20,24)/t19-/m1/s1. The van der Waals surface area contributed by atoms with Crippen LogP contribution >= 0.6 is 0 Å². The van der Waals surface area contributed by atoms with Gasteiger partial charge in [0.15, 0.2) is 0 Å². The third kappa shape index (κ3) is 3.15. The third-order valence-corrected chi connectivity index (χ3v) is 4.83. The van der Waals surface area contributed by atoms with E-state index >= 15 is 0 Å². The van der Waals surface area contributed by atoms with Gasteiger partial charge in [0, 0.05) is 32.4 Å². The molecule has 0 spiro atoms. The molecule has 1 aromatic carbocycles. The van der Waals surface area contributed by atoms with E-state index in [1.807, 2.05) is 36.4 Å². The van der Waals surface area contributed by atoms with Gasteiger partial charge in [0.05, 0.1) is 5.41 Å². The Morgan fingerprint density at radius 2 is 1.75 bits per heavy atom. The normalized spacial score (nSPS) is 20.1. The number of nitrogens with zero attached hydrogens (tertiary/aromatic N) is 2. The summed E-state index contributed by atoms with van der Waals surface area (Å²) in [5.74, 6) is -0.337. The highest BCUT2D eigenvalue weighted by molar-refractivity contribution is 5.84. The molecule has 5 nitrogen and oxygen atoms in total. The van der Waals surface area contributed by atoms with Crippen LogP contribution in [-0.2, 0) is 16.0 Å². The molecule has 1 fully saturated rings. The van der Waals surface area contributed by atoms with E-state index in [2.05, 4.69) is 4.98 Å². The van der Waals surface area contributed by atoms with Crippen molar-refractivity contribution in [3.63, 3.8) is 0 Å². The number of likely N-dealkylation sites (tertiary alicyclic amines) is 1. The first kappa shape index (κ1) is 16.2. The van der Waals surface area contributed by atoms with Gasteiger partial charge in [-0.3, -0.25) is 14.6 Å². The summed E-state index contributed by atoms with van der Waals surface area (Å²) < 4.78 is 0. The zero-order chi connectivity index (χ0) is 17.2. The van der Waals surface area contributed by atoms with E-state index in [1.54, 1.807) is 17.3 Å². The van der Waals surface area contributed by atoms with Crippen LogP contribution in [0.4, 0.5) is 0 Å². The Bertz CT molecular complexity index is 743. The fraction of sp³-hybridized carbons (Fsp3) is 0.316. The molecular weight excluding hydrogens is 302 g/mol. The monoisotopic (exact) mass is 323 g/mol. The largest absolute Gasteiger partial charge is 0.369 e. The van der Waals surface area contributed by atoms with Gasteiger partial charge in [0.25, 0.3) is 0 Å². The van der Waals surface area contributed by atoms with Gasteiger partial charge in [0.1, 0.15) is 0 Å². The second-order valence-electron chi connectivity index (χ2n) is 6.44. The van der Waals surface area contributed by atoms with Crippen LogP contribution in [0.25, 0.3) is 11.1 Å². The predicted octanol–water partition coefficient (Wildman–Crippen LogP) is 2.02. The number of hydrogen-bond donors (Lipinski definition) is 1. The molecule has 0 bridgehead atoms. The maximum absolute atomic E-state index is 12.1. The Hall–Kier alpha value is -2.69. The molecule has 1 saturated heterocycles. The van der Waals surface area contributed by atoms with E-state index in [9.17, 15) is 9.59 Å². The molecule has 5 heteroatoms. The van der Waals surface area contributed by atoms with Crippen LogP contribution in [0.2, 0.25) is 0 Å². The van der Waals surface area contributed by atoms with E-state index < -0.39 is 5.41 Å². The van der Waals surface area contributed by atoms with Crippen LogP contribution in [-0.4, -0.2) is 34.8 Å². The van der Waals surface area contributed by atoms with E-state index in [-0.39, 0.29) is 11.8 Å². The highest BCUT2D eigenvalue weighted by Gasteiger charge is 2.44. The van der Waals surface area contributed by atoms with E-state index in [0.717, 1.165) is 16.7 Å². The van der Waals surface area contributed by atoms with Crippen LogP contribution in [0.3, 0.4) is 0 Å². The second-order valence-corrected chi connectivity index (χ2v) is 6.44. The number of aromatic nitrogens is 1.